The van der Waals surface area contributed by atoms with Crippen molar-refractivity contribution in [2.24, 2.45) is 4.99 Å². The van der Waals surface area contributed by atoms with Crippen LogP contribution in [0.25, 0.3) is 10.8 Å². The van der Waals surface area contributed by atoms with Crippen molar-refractivity contribution >= 4 is 38.4 Å². The first-order valence-corrected chi connectivity index (χ1v) is 7.52. The third-order valence-electron chi connectivity index (χ3n) is 3.53. The van der Waals surface area contributed by atoms with Gasteiger partial charge in [0.05, 0.1) is 5.69 Å². The van der Waals surface area contributed by atoms with Crippen LogP contribution in [0, 0.1) is 0 Å². The zero-order valence-electron chi connectivity index (χ0n) is 11.1. The molecule has 0 saturated carbocycles. The minimum atomic E-state index is 0.0742. The van der Waals surface area contributed by atoms with Crippen molar-refractivity contribution < 1.29 is 4.79 Å². The molecule has 0 radical (unpaired) electrons. The van der Waals surface area contributed by atoms with Crippen LogP contribution >= 0.6 is 11.8 Å². The van der Waals surface area contributed by atoms with Gasteiger partial charge in [0.25, 0.3) is 0 Å². The standard InChI is InChI=1S/C18H11NOS/c20-18-16-8-4-3-7-15(16)17(21-18)19-14-10-9-12-5-1-2-6-13(12)11-14/h1-11H. The van der Waals surface area contributed by atoms with E-state index < -0.39 is 0 Å². The quantitative estimate of drug-likeness (QED) is 0.643. The van der Waals surface area contributed by atoms with E-state index in [0.29, 0.717) is 0 Å². The molecular formula is C18H11NOS. The van der Waals surface area contributed by atoms with Crippen molar-refractivity contribution in [2.45, 2.75) is 0 Å². The Morgan fingerprint density at radius 2 is 1.48 bits per heavy atom. The molecule has 3 aromatic carbocycles. The van der Waals surface area contributed by atoms with Crippen LogP contribution in [-0.2, 0) is 0 Å². The molecule has 4 rings (SSSR count). The molecule has 100 valence electrons. The molecule has 0 atom stereocenters. The van der Waals surface area contributed by atoms with E-state index in [4.69, 9.17) is 0 Å². The molecule has 0 aromatic heterocycles. The number of rotatable bonds is 1. The molecule has 21 heavy (non-hydrogen) atoms. The van der Waals surface area contributed by atoms with E-state index in [1.54, 1.807) is 0 Å². The lowest BCUT2D eigenvalue weighted by Crippen LogP contribution is -1.90. The lowest BCUT2D eigenvalue weighted by Gasteiger charge is -2.01. The Labute approximate surface area is 126 Å². The maximum atomic E-state index is 12.0. The molecule has 0 saturated heterocycles. The first-order chi connectivity index (χ1) is 10.3. The molecule has 1 aliphatic heterocycles. The molecule has 1 heterocycles. The number of carbonyl (C=O) groups is 1. The van der Waals surface area contributed by atoms with Gasteiger partial charge in [0, 0.05) is 11.1 Å². The summed E-state index contributed by atoms with van der Waals surface area (Å²) in [6.45, 7) is 0. The van der Waals surface area contributed by atoms with E-state index in [1.165, 1.54) is 17.1 Å². The monoisotopic (exact) mass is 289 g/mol. The fourth-order valence-corrected chi connectivity index (χ4v) is 3.39. The van der Waals surface area contributed by atoms with Crippen molar-refractivity contribution in [1.29, 1.82) is 0 Å². The van der Waals surface area contributed by atoms with Crippen LogP contribution in [0.3, 0.4) is 0 Å². The Kier molecular flexibility index (Phi) is 2.86. The summed E-state index contributed by atoms with van der Waals surface area (Å²) in [5.41, 5.74) is 2.56. The van der Waals surface area contributed by atoms with Crippen LogP contribution in [0.2, 0.25) is 0 Å². The van der Waals surface area contributed by atoms with Gasteiger partial charge < -0.3 is 0 Å². The Hall–Kier alpha value is -2.39. The number of aliphatic imine (C=N–C) groups is 1. The van der Waals surface area contributed by atoms with Gasteiger partial charge in [-0.05, 0) is 40.7 Å². The summed E-state index contributed by atoms with van der Waals surface area (Å²) in [7, 11) is 0. The van der Waals surface area contributed by atoms with Crippen molar-refractivity contribution in [3.63, 3.8) is 0 Å². The highest BCUT2D eigenvalue weighted by molar-refractivity contribution is 8.27. The summed E-state index contributed by atoms with van der Waals surface area (Å²) in [5, 5.41) is 3.20. The number of fused-ring (bicyclic) bond motifs is 2. The molecular weight excluding hydrogens is 278 g/mol. The minimum absolute atomic E-state index is 0.0742. The summed E-state index contributed by atoms with van der Waals surface area (Å²) in [5.74, 6) is 0. The van der Waals surface area contributed by atoms with Crippen LogP contribution in [0.4, 0.5) is 5.69 Å². The molecule has 0 N–H and O–H groups in total. The fraction of sp³-hybridized carbons (Fsp3) is 0. The summed E-state index contributed by atoms with van der Waals surface area (Å²) in [6.07, 6.45) is 0. The molecule has 0 bridgehead atoms. The first kappa shape index (κ1) is 12.4. The fourth-order valence-electron chi connectivity index (χ4n) is 2.49. The SMILES string of the molecule is O=C1SC(=Nc2ccc3ccccc3c2)c2ccccc21. The van der Waals surface area contributed by atoms with Crippen LogP contribution in [0.15, 0.2) is 71.7 Å². The van der Waals surface area contributed by atoms with Crippen LogP contribution in [0.5, 0.6) is 0 Å². The first-order valence-electron chi connectivity index (χ1n) is 6.70. The molecule has 0 spiro atoms. The number of hydrogen-bond acceptors (Lipinski definition) is 3. The molecule has 2 nitrogen and oxygen atoms in total. The van der Waals surface area contributed by atoms with E-state index in [1.807, 2.05) is 48.5 Å². The molecule has 3 heteroatoms. The average Bonchev–Trinajstić information content (AvgIpc) is 2.84. The predicted molar refractivity (Wildman–Crippen MR) is 88.5 cm³/mol. The normalized spacial score (nSPS) is 15.6. The van der Waals surface area contributed by atoms with E-state index in [2.05, 4.69) is 23.2 Å². The van der Waals surface area contributed by atoms with E-state index >= 15 is 0 Å². The third-order valence-corrected chi connectivity index (χ3v) is 4.44. The number of benzene rings is 3. The number of thioether (sulfide) groups is 1. The summed E-state index contributed by atoms with van der Waals surface area (Å²) < 4.78 is 0. The maximum Gasteiger partial charge on any atom is 0.226 e. The van der Waals surface area contributed by atoms with Gasteiger partial charge in [-0.25, -0.2) is 4.99 Å². The third kappa shape index (κ3) is 2.16. The summed E-state index contributed by atoms with van der Waals surface area (Å²) in [4.78, 5) is 16.6. The predicted octanol–water partition coefficient (Wildman–Crippen LogP) is 4.81. The van der Waals surface area contributed by atoms with Crippen LogP contribution < -0.4 is 0 Å². The van der Waals surface area contributed by atoms with E-state index in [-0.39, 0.29) is 5.12 Å². The molecule has 3 aromatic rings. The van der Waals surface area contributed by atoms with Gasteiger partial charge in [-0.15, -0.1) is 0 Å². The summed E-state index contributed by atoms with van der Waals surface area (Å²) in [6, 6.07) is 21.9. The molecule has 0 fully saturated rings. The second-order valence-corrected chi connectivity index (χ2v) is 5.85. The second kappa shape index (κ2) is 4.86. The van der Waals surface area contributed by atoms with Crippen LogP contribution in [-0.4, -0.2) is 10.2 Å². The molecule has 1 aliphatic rings. The van der Waals surface area contributed by atoms with Gasteiger partial charge in [-0.3, -0.25) is 4.79 Å². The smallest absolute Gasteiger partial charge is 0.226 e. The highest BCUT2D eigenvalue weighted by atomic mass is 32.2. The van der Waals surface area contributed by atoms with E-state index in [0.717, 1.165) is 27.2 Å². The summed E-state index contributed by atoms with van der Waals surface area (Å²) >= 11 is 1.21. The van der Waals surface area contributed by atoms with Crippen molar-refractivity contribution in [3.8, 4) is 0 Å². The Balaban J connectivity index is 1.82. The lowest BCUT2D eigenvalue weighted by molar-refractivity contribution is 0.109. The zero-order chi connectivity index (χ0) is 14.2. The minimum Gasteiger partial charge on any atom is -0.281 e. The molecule has 0 amide bonds. The van der Waals surface area contributed by atoms with Gasteiger partial charge in [0.2, 0.25) is 5.12 Å². The highest BCUT2D eigenvalue weighted by Crippen LogP contribution is 2.33. The zero-order valence-corrected chi connectivity index (χ0v) is 11.9. The topological polar surface area (TPSA) is 29.4 Å². The van der Waals surface area contributed by atoms with Gasteiger partial charge in [-0.1, -0.05) is 48.5 Å². The second-order valence-electron chi connectivity index (χ2n) is 4.88. The lowest BCUT2D eigenvalue weighted by atomic mass is 10.1. The van der Waals surface area contributed by atoms with Crippen molar-refractivity contribution in [1.82, 2.24) is 0 Å². The van der Waals surface area contributed by atoms with Crippen molar-refractivity contribution in [2.75, 3.05) is 0 Å². The largest absolute Gasteiger partial charge is 0.281 e. The number of nitrogens with zero attached hydrogens (tertiary/aromatic N) is 1. The Bertz CT molecular complexity index is 898. The number of carbonyl (C=O) groups excluding carboxylic acids is 1. The van der Waals surface area contributed by atoms with Crippen molar-refractivity contribution in [3.05, 3.63) is 77.9 Å². The van der Waals surface area contributed by atoms with Gasteiger partial charge in [0.15, 0.2) is 0 Å². The Morgan fingerprint density at radius 3 is 2.33 bits per heavy atom. The van der Waals surface area contributed by atoms with Crippen LogP contribution in [0.1, 0.15) is 15.9 Å². The maximum absolute atomic E-state index is 12.0. The van der Waals surface area contributed by atoms with Gasteiger partial charge >= 0.3 is 0 Å². The number of hydrogen-bond donors (Lipinski definition) is 0. The molecule has 0 aliphatic carbocycles. The highest BCUT2D eigenvalue weighted by Gasteiger charge is 2.25. The molecule has 0 unspecified atom stereocenters. The van der Waals surface area contributed by atoms with Gasteiger partial charge in [0.1, 0.15) is 5.04 Å². The Morgan fingerprint density at radius 1 is 0.762 bits per heavy atom. The van der Waals surface area contributed by atoms with Gasteiger partial charge in [-0.2, -0.15) is 0 Å². The van der Waals surface area contributed by atoms with E-state index in [9.17, 15) is 4.79 Å². The average molecular weight is 289 g/mol.